The monoisotopic (exact) mass is 274 g/mol. The van der Waals surface area contributed by atoms with Gasteiger partial charge in [0.05, 0.1) is 0 Å². The van der Waals surface area contributed by atoms with Crippen molar-refractivity contribution in [1.82, 2.24) is 0 Å². The molecule has 0 radical (unpaired) electrons. The molecule has 0 saturated carbocycles. The maximum Gasteiger partial charge on any atom is -0.0348 e. The van der Waals surface area contributed by atoms with Crippen molar-refractivity contribution in [3.63, 3.8) is 0 Å². The quantitative estimate of drug-likeness (QED) is 0.233. The summed E-state index contributed by atoms with van der Waals surface area (Å²) in [6.07, 6.45) is 29.6. The Hall–Kier alpha value is -1.04. The van der Waals surface area contributed by atoms with Crippen LogP contribution in [0.5, 0.6) is 0 Å². The van der Waals surface area contributed by atoms with E-state index in [1.165, 1.54) is 70.6 Å². The normalized spacial score (nSPS) is 12.1. The first kappa shape index (κ1) is 19.0. The molecule has 0 heterocycles. The summed E-state index contributed by atoms with van der Waals surface area (Å²) in [5, 5.41) is 0. The summed E-state index contributed by atoms with van der Waals surface area (Å²) in [6, 6.07) is 0. The van der Waals surface area contributed by atoms with Gasteiger partial charge in [0.15, 0.2) is 0 Å². The van der Waals surface area contributed by atoms with Gasteiger partial charge in [0.2, 0.25) is 0 Å². The Morgan fingerprint density at radius 1 is 0.600 bits per heavy atom. The van der Waals surface area contributed by atoms with Crippen LogP contribution in [0.2, 0.25) is 0 Å². The van der Waals surface area contributed by atoms with E-state index in [0.29, 0.717) is 0 Å². The van der Waals surface area contributed by atoms with Crippen LogP contribution in [0.3, 0.4) is 0 Å². The van der Waals surface area contributed by atoms with Crippen LogP contribution >= 0.6 is 0 Å². The molecule has 0 nitrogen and oxygen atoms in total. The number of unbranched alkanes of at least 4 members (excludes halogenated alkanes) is 10. The molecule has 0 spiro atoms. The van der Waals surface area contributed by atoms with Crippen molar-refractivity contribution in [3.05, 3.63) is 49.1 Å². The van der Waals surface area contributed by atoms with Gasteiger partial charge < -0.3 is 0 Å². The summed E-state index contributed by atoms with van der Waals surface area (Å²) >= 11 is 0. The number of hydrogen-bond acceptors (Lipinski definition) is 0. The first-order chi connectivity index (χ1) is 9.91. The van der Waals surface area contributed by atoms with Crippen LogP contribution in [0, 0.1) is 0 Å². The van der Waals surface area contributed by atoms with Gasteiger partial charge in [-0.15, -0.1) is 0 Å². The number of allylic oxidation sites excluding steroid dienone is 7. The summed E-state index contributed by atoms with van der Waals surface area (Å²) in [6.45, 7) is 5.91. The van der Waals surface area contributed by atoms with E-state index < -0.39 is 0 Å². The van der Waals surface area contributed by atoms with Gasteiger partial charge in [-0.05, 0) is 12.8 Å². The van der Waals surface area contributed by atoms with Gasteiger partial charge in [-0.3, -0.25) is 0 Å². The fourth-order valence-electron chi connectivity index (χ4n) is 2.20. The van der Waals surface area contributed by atoms with Gasteiger partial charge >= 0.3 is 0 Å². The van der Waals surface area contributed by atoms with Crippen LogP contribution in [0.25, 0.3) is 0 Å². The van der Waals surface area contributed by atoms with Crippen molar-refractivity contribution in [2.75, 3.05) is 0 Å². The maximum atomic E-state index is 3.63. The highest BCUT2D eigenvalue weighted by atomic mass is 14.0. The molecule has 0 N–H and O–H groups in total. The molecule has 0 fully saturated rings. The minimum absolute atomic E-state index is 1.21. The molecule has 0 unspecified atom stereocenters. The van der Waals surface area contributed by atoms with Crippen molar-refractivity contribution in [2.24, 2.45) is 0 Å². The summed E-state index contributed by atoms with van der Waals surface area (Å²) in [5.74, 6) is 0. The van der Waals surface area contributed by atoms with Crippen LogP contribution in [0.1, 0.15) is 77.6 Å². The minimum Gasteiger partial charge on any atom is -0.0991 e. The molecule has 20 heavy (non-hydrogen) atoms. The zero-order valence-corrected chi connectivity index (χ0v) is 13.5. The standard InChI is InChI=1S/C20H34/c1-3-5-7-9-11-13-15-17-19-20-18-16-14-12-10-8-6-4-2/h3,5,7,9,11,13,15H,1,4,6,8,10,12,14,16-20H2,2H3. The molecular formula is C20H34. The van der Waals surface area contributed by atoms with E-state index in [1.54, 1.807) is 6.08 Å². The molecule has 0 saturated heterocycles. The van der Waals surface area contributed by atoms with E-state index in [1.807, 2.05) is 18.2 Å². The number of hydrogen-bond donors (Lipinski definition) is 0. The molecule has 0 aromatic rings. The van der Waals surface area contributed by atoms with E-state index in [4.69, 9.17) is 0 Å². The highest BCUT2D eigenvalue weighted by molar-refractivity contribution is 5.14. The van der Waals surface area contributed by atoms with Crippen molar-refractivity contribution in [3.8, 4) is 0 Å². The van der Waals surface area contributed by atoms with Crippen molar-refractivity contribution in [1.29, 1.82) is 0 Å². The molecule has 0 aromatic carbocycles. The van der Waals surface area contributed by atoms with Crippen molar-refractivity contribution in [2.45, 2.75) is 77.6 Å². The van der Waals surface area contributed by atoms with Gasteiger partial charge in [0, 0.05) is 0 Å². The Bertz CT molecular complexity index is 268. The third-order valence-corrected chi connectivity index (χ3v) is 3.44. The van der Waals surface area contributed by atoms with Gasteiger partial charge in [-0.2, -0.15) is 0 Å². The Kier molecular flexibility index (Phi) is 17.0. The van der Waals surface area contributed by atoms with Crippen LogP contribution in [0.4, 0.5) is 0 Å². The van der Waals surface area contributed by atoms with Crippen molar-refractivity contribution < 1.29 is 0 Å². The van der Waals surface area contributed by atoms with Crippen molar-refractivity contribution >= 4 is 0 Å². The lowest BCUT2D eigenvalue weighted by atomic mass is 10.1. The highest BCUT2D eigenvalue weighted by Crippen LogP contribution is 2.11. The average molecular weight is 274 g/mol. The van der Waals surface area contributed by atoms with Crippen LogP contribution in [0.15, 0.2) is 49.1 Å². The van der Waals surface area contributed by atoms with E-state index in [9.17, 15) is 0 Å². The first-order valence-electron chi connectivity index (χ1n) is 8.52. The smallest absolute Gasteiger partial charge is 0.0348 e. The molecule has 114 valence electrons. The van der Waals surface area contributed by atoms with Crippen LogP contribution in [-0.2, 0) is 0 Å². The molecule has 0 bridgehead atoms. The van der Waals surface area contributed by atoms with Gasteiger partial charge in [0.1, 0.15) is 0 Å². The second-order valence-electron chi connectivity index (χ2n) is 5.40. The zero-order chi connectivity index (χ0) is 14.7. The predicted octanol–water partition coefficient (Wildman–Crippen LogP) is 7.15. The molecule has 0 atom stereocenters. The minimum atomic E-state index is 1.21. The zero-order valence-electron chi connectivity index (χ0n) is 13.5. The molecule has 0 heteroatoms. The Morgan fingerprint density at radius 2 is 1.10 bits per heavy atom. The molecule has 0 rings (SSSR count). The van der Waals surface area contributed by atoms with E-state index >= 15 is 0 Å². The van der Waals surface area contributed by atoms with E-state index in [2.05, 4.69) is 31.7 Å². The van der Waals surface area contributed by atoms with E-state index in [-0.39, 0.29) is 0 Å². The molecule has 0 aromatic heterocycles. The maximum absolute atomic E-state index is 3.63. The van der Waals surface area contributed by atoms with Gasteiger partial charge in [-0.1, -0.05) is 114 Å². The average Bonchev–Trinajstić information content (AvgIpc) is 2.47. The third kappa shape index (κ3) is 17.0. The lowest BCUT2D eigenvalue weighted by Gasteiger charge is -2.01. The summed E-state index contributed by atoms with van der Waals surface area (Å²) < 4.78 is 0. The summed E-state index contributed by atoms with van der Waals surface area (Å²) in [5.41, 5.74) is 0. The second-order valence-corrected chi connectivity index (χ2v) is 5.40. The number of rotatable bonds is 14. The molecule has 0 aliphatic rings. The van der Waals surface area contributed by atoms with E-state index in [0.717, 1.165) is 0 Å². The van der Waals surface area contributed by atoms with Gasteiger partial charge in [-0.25, -0.2) is 0 Å². The van der Waals surface area contributed by atoms with Crippen LogP contribution in [-0.4, -0.2) is 0 Å². The fraction of sp³-hybridized carbons (Fsp3) is 0.600. The second kappa shape index (κ2) is 18.0. The Labute approximate surface area is 127 Å². The molecule has 0 aliphatic carbocycles. The SMILES string of the molecule is C=CC=CC=CC=CCCCCCCCCCCCC. The fourth-order valence-corrected chi connectivity index (χ4v) is 2.20. The Balaban J connectivity index is 3.16. The summed E-state index contributed by atoms with van der Waals surface area (Å²) in [4.78, 5) is 0. The lowest BCUT2D eigenvalue weighted by Crippen LogP contribution is -1.81. The highest BCUT2D eigenvalue weighted by Gasteiger charge is 1.91. The predicted molar refractivity (Wildman–Crippen MR) is 94.1 cm³/mol. The topological polar surface area (TPSA) is 0 Å². The lowest BCUT2D eigenvalue weighted by molar-refractivity contribution is 0.557. The summed E-state index contributed by atoms with van der Waals surface area (Å²) in [7, 11) is 0. The molecule has 0 amide bonds. The van der Waals surface area contributed by atoms with Gasteiger partial charge in [0.25, 0.3) is 0 Å². The molecule has 0 aliphatic heterocycles. The Morgan fingerprint density at radius 3 is 1.70 bits per heavy atom. The first-order valence-corrected chi connectivity index (χ1v) is 8.52. The molecular weight excluding hydrogens is 240 g/mol. The van der Waals surface area contributed by atoms with Crippen LogP contribution < -0.4 is 0 Å². The largest absolute Gasteiger partial charge is 0.0991 e. The third-order valence-electron chi connectivity index (χ3n) is 3.44.